The summed E-state index contributed by atoms with van der Waals surface area (Å²) in [7, 11) is 0. The van der Waals surface area contributed by atoms with Crippen molar-refractivity contribution in [2.24, 2.45) is 0 Å². The minimum atomic E-state index is -0.742. The monoisotopic (exact) mass is 210 g/mol. The molecule has 0 amide bonds. The van der Waals surface area contributed by atoms with Gasteiger partial charge < -0.3 is 14.9 Å². The van der Waals surface area contributed by atoms with Crippen LogP contribution in [0.5, 0.6) is 0 Å². The molecule has 3 nitrogen and oxygen atoms in total. The standard InChI is InChI=1S/C6H11BrO3/c1-3-6(9)4(8)2-5(7)10-3/h3-6,8-9H,2H2,1H3/t3-,4-,5?,6-/m1/s1. The molecule has 0 bridgehead atoms. The lowest BCUT2D eigenvalue weighted by molar-refractivity contribution is -0.135. The van der Waals surface area contributed by atoms with Gasteiger partial charge in [0.05, 0.1) is 12.2 Å². The third kappa shape index (κ3) is 1.69. The molecule has 1 saturated heterocycles. The van der Waals surface area contributed by atoms with Gasteiger partial charge in [-0.3, -0.25) is 0 Å². The van der Waals surface area contributed by atoms with Gasteiger partial charge in [0.25, 0.3) is 0 Å². The Kier molecular flexibility index (Phi) is 2.68. The van der Waals surface area contributed by atoms with Gasteiger partial charge in [-0.15, -0.1) is 0 Å². The van der Waals surface area contributed by atoms with Crippen LogP contribution in [0.15, 0.2) is 0 Å². The van der Waals surface area contributed by atoms with Crippen molar-refractivity contribution in [1.82, 2.24) is 0 Å². The first-order chi connectivity index (χ1) is 4.61. The van der Waals surface area contributed by atoms with Gasteiger partial charge in [-0.05, 0) is 6.92 Å². The van der Waals surface area contributed by atoms with Crippen molar-refractivity contribution in [2.75, 3.05) is 0 Å². The molecule has 0 aromatic rings. The summed E-state index contributed by atoms with van der Waals surface area (Å²) in [4.78, 5) is 0. The molecule has 0 saturated carbocycles. The second-order valence-corrected chi connectivity index (χ2v) is 3.57. The molecule has 1 heterocycles. The van der Waals surface area contributed by atoms with Crippen molar-refractivity contribution in [3.05, 3.63) is 0 Å². The Morgan fingerprint density at radius 3 is 2.60 bits per heavy atom. The summed E-state index contributed by atoms with van der Waals surface area (Å²) < 4.78 is 5.18. The minimum Gasteiger partial charge on any atom is -0.390 e. The lowest BCUT2D eigenvalue weighted by Crippen LogP contribution is -2.44. The first kappa shape index (κ1) is 8.46. The third-order valence-corrected chi connectivity index (χ3v) is 2.25. The summed E-state index contributed by atoms with van der Waals surface area (Å²) in [5.41, 5.74) is 0. The van der Waals surface area contributed by atoms with E-state index in [0.717, 1.165) is 0 Å². The minimum absolute atomic E-state index is 0.124. The number of rotatable bonds is 0. The Labute approximate surface area is 68.1 Å². The van der Waals surface area contributed by atoms with Crippen LogP contribution < -0.4 is 0 Å². The lowest BCUT2D eigenvalue weighted by Gasteiger charge is -2.32. The molecule has 2 N–H and O–H groups in total. The van der Waals surface area contributed by atoms with Crippen LogP contribution in [-0.2, 0) is 4.74 Å². The number of aliphatic hydroxyl groups excluding tert-OH is 2. The van der Waals surface area contributed by atoms with E-state index in [-0.39, 0.29) is 11.1 Å². The first-order valence-electron chi connectivity index (χ1n) is 3.27. The molecule has 1 aliphatic heterocycles. The van der Waals surface area contributed by atoms with E-state index >= 15 is 0 Å². The van der Waals surface area contributed by atoms with Crippen LogP contribution in [0.25, 0.3) is 0 Å². The molecule has 0 radical (unpaired) electrons. The van der Waals surface area contributed by atoms with Crippen LogP contribution in [0.3, 0.4) is 0 Å². The van der Waals surface area contributed by atoms with E-state index < -0.39 is 12.2 Å². The number of aliphatic hydroxyl groups is 2. The zero-order valence-electron chi connectivity index (χ0n) is 5.70. The highest BCUT2D eigenvalue weighted by atomic mass is 79.9. The summed E-state index contributed by atoms with van der Waals surface area (Å²) in [6.45, 7) is 1.74. The fraction of sp³-hybridized carbons (Fsp3) is 1.00. The van der Waals surface area contributed by atoms with Gasteiger partial charge in [0.1, 0.15) is 11.1 Å². The third-order valence-electron chi connectivity index (χ3n) is 1.66. The Balaban J connectivity index is 2.49. The second kappa shape index (κ2) is 3.17. The number of halogens is 1. The summed E-state index contributed by atoms with van der Waals surface area (Å²) >= 11 is 3.20. The highest BCUT2D eigenvalue weighted by Gasteiger charge is 2.32. The maximum absolute atomic E-state index is 9.17. The van der Waals surface area contributed by atoms with Crippen molar-refractivity contribution in [3.8, 4) is 0 Å². The SMILES string of the molecule is C[C@H]1OC(Br)C[C@@H](O)[C@@H]1O. The Bertz CT molecular complexity index is 108. The van der Waals surface area contributed by atoms with Gasteiger partial charge in [0.15, 0.2) is 0 Å². The zero-order chi connectivity index (χ0) is 7.72. The maximum Gasteiger partial charge on any atom is 0.115 e. The molecular weight excluding hydrogens is 200 g/mol. The van der Waals surface area contributed by atoms with E-state index in [1.165, 1.54) is 0 Å². The summed E-state index contributed by atoms with van der Waals surface area (Å²) in [5, 5.41) is 18.2. The summed E-state index contributed by atoms with van der Waals surface area (Å²) in [6, 6.07) is 0. The molecule has 0 aromatic heterocycles. The Morgan fingerprint density at radius 2 is 2.10 bits per heavy atom. The summed E-state index contributed by atoms with van der Waals surface area (Å²) in [5.74, 6) is 0. The molecule has 1 aliphatic rings. The van der Waals surface area contributed by atoms with Crippen molar-refractivity contribution in [3.63, 3.8) is 0 Å². The van der Waals surface area contributed by atoms with Gasteiger partial charge >= 0.3 is 0 Å². The van der Waals surface area contributed by atoms with E-state index in [1.807, 2.05) is 0 Å². The van der Waals surface area contributed by atoms with E-state index in [4.69, 9.17) is 14.9 Å². The predicted molar refractivity (Wildman–Crippen MR) is 39.9 cm³/mol. The average molecular weight is 211 g/mol. The number of hydrogen-bond donors (Lipinski definition) is 2. The predicted octanol–water partition coefficient (Wildman–Crippen LogP) is 0.238. The van der Waals surface area contributed by atoms with Crippen LogP contribution in [0, 0.1) is 0 Å². The van der Waals surface area contributed by atoms with Crippen LogP contribution in [-0.4, -0.2) is 33.5 Å². The normalized spacial score (nSPS) is 49.2. The molecule has 0 spiro atoms. The molecule has 0 aliphatic carbocycles. The Morgan fingerprint density at radius 1 is 1.50 bits per heavy atom. The van der Waals surface area contributed by atoms with Crippen LogP contribution in [0.4, 0.5) is 0 Å². The molecule has 1 fully saturated rings. The zero-order valence-corrected chi connectivity index (χ0v) is 7.28. The molecule has 60 valence electrons. The number of alkyl halides is 1. The highest BCUT2D eigenvalue weighted by molar-refractivity contribution is 9.09. The lowest BCUT2D eigenvalue weighted by atomic mass is 10.0. The van der Waals surface area contributed by atoms with Gasteiger partial charge in [0, 0.05) is 6.42 Å². The van der Waals surface area contributed by atoms with E-state index in [0.29, 0.717) is 6.42 Å². The molecular formula is C6H11BrO3. The maximum atomic E-state index is 9.17. The van der Waals surface area contributed by atoms with Gasteiger partial charge in [-0.2, -0.15) is 0 Å². The molecule has 1 unspecified atom stereocenters. The molecule has 0 aromatic carbocycles. The summed E-state index contributed by atoms with van der Waals surface area (Å²) in [6.07, 6.45) is -1.24. The fourth-order valence-corrected chi connectivity index (χ4v) is 1.73. The van der Waals surface area contributed by atoms with Crippen LogP contribution in [0.2, 0.25) is 0 Å². The molecule has 10 heavy (non-hydrogen) atoms. The average Bonchev–Trinajstić information content (AvgIpc) is 1.82. The van der Waals surface area contributed by atoms with Crippen molar-refractivity contribution in [2.45, 2.75) is 36.7 Å². The number of hydrogen-bond acceptors (Lipinski definition) is 3. The van der Waals surface area contributed by atoms with Gasteiger partial charge in [-0.1, -0.05) is 15.9 Å². The van der Waals surface area contributed by atoms with Crippen molar-refractivity contribution in [1.29, 1.82) is 0 Å². The number of ether oxygens (including phenoxy) is 1. The molecule has 4 heteroatoms. The Hall–Kier alpha value is 0.360. The first-order valence-corrected chi connectivity index (χ1v) is 4.18. The van der Waals surface area contributed by atoms with Gasteiger partial charge in [-0.25, -0.2) is 0 Å². The largest absolute Gasteiger partial charge is 0.390 e. The molecule has 4 atom stereocenters. The fourth-order valence-electron chi connectivity index (χ4n) is 1.01. The van der Waals surface area contributed by atoms with E-state index in [2.05, 4.69) is 15.9 Å². The smallest absolute Gasteiger partial charge is 0.115 e. The molecule has 1 rings (SSSR count). The topological polar surface area (TPSA) is 49.7 Å². The highest BCUT2D eigenvalue weighted by Crippen LogP contribution is 2.23. The van der Waals surface area contributed by atoms with Gasteiger partial charge in [0.2, 0.25) is 0 Å². The van der Waals surface area contributed by atoms with Crippen LogP contribution >= 0.6 is 15.9 Å². The second-order valence-electron chi connectivity index (χ2n) is 2.54. The van der Waals surface area contributed by atoms with Crippen molar-refractivity contribution < 1.29 is 14.9 Å². The van der Waals surface area contributed by atoms with Crippen molar-refractivity contribution >= 4 is 15.9 Å². The van der Waals surface area contributed by atoms with Crippen LogP contribution in [0.1, 0.15) is 13.3 Å². The van der Waals surface area contributed by atoms with E-state index in [1.54, 1.807) is 6.92 Å². The quantitative estimate of drug-likeness (QED) is 0.564. The van der Waals surface area contributed by atoms with E-state index in [9.17, 15) is 0 Å².